The third-order valence-electron chi connectivity index (χ3n) is 4.13. The van der Waals surface area contributed by atoms with E-state index in [1.165, 1.54) is 4.90 Å². The van der Waals surface area contributed by atoms with Crippen molar-refractivity contribution in [3.05, 3.63) is 47.3 Å². The maximum atomic E-state index is 13.8. The molecule has 1 saturated heterocycles. The van der Waals surface area contributed by atoms with Crippen molar-refractivity contribution in [1.82, 2.24) is 19.9 Å². The molecule has 24 heavy (non-hydrogen) atoms. The first kappa shape index (κ1) is 16.4. The maximum absolute atomic E-state index is 13.8. The fourth-order valence-electron chi connectivity index (χ4n) is 2.86. The van der Waals surface area contributed by atoms with Crippen LogP contribution in [0, 0.1) is 23.3 Å². The lowest BCUT2D eigenvalue weighted by molar-refractivity contribution is 0.0753. The molecule has 0 spiro atoms. The molecule has 2 aromatic rings. The lowest BCUT2D eigenvalue weighted by atomic mass is 10.1. The molecule has 0 bridgehead atoms. The molecule has 1 fully saturated rings. The Balaban J connectivity index is 1.79. The van der Waals surface area contributed by atoms with Crippen molar-refractivity contribution in [2.75, 3.05) is 13.1 Å². The van der Waals surface area contributed by atoms with E-state index >= 15 is 0 Å². The number of likely N-dealkylation sites (tertiary alicyclic amines) is 1. The van der Waals surface area contributed by atoms with Crippen LogP contribution in [0.15, 0.2) is 18.5 Å². The van der Waals surface area contributed by atoms with Crippen LogP contribution in [0.1, 0.15) is 35.7 Å². The first-order valence-corrected chi connectivity index (χ1v) is 7.47. The first-order chi connectivity index (χ1) is 11.5. The molecular weight excluding hydrogens is 328 g/mol. The van der Waals surface area contributed by atoms with E-state index in [9.17, 15) is 22.4 Å². The molecule has 1 aromatic heterocycles. The zero-order valence-corrected chi connectivity index (χ0v) is 12.6. The highest BCUT2D eigenvalue weighted by Crippen LogP contribution is 2.24. The van der Waals surface area contributed by atoms with Gasteiger partial charge in [0.1, 0.15) is 0 Å². The lowest BCUT2D eigenvalue weighted by Crippen LogP contribution is -2.33. The van der Waals surface area contributed by atoms with Crippen LogP contribution in [0.2, 0.25) is 0 Å². The van der Waals surface area contributed by atoms with E-state index < -0.39 is 34.7 Å². The third kappa shape index (κ3) is 2.98. The third-order valence-corrected chi connectivity index (χ3v) is 4.13. The quantitative estimate of drug-likeness (QED) is 0.479. The molecule has 128 valence electrons. The maximum Gasteiger partial charge on any atom is 0.257 e. The zero-order chi connectivity index (χ0) is 17.3. The number of carbonyl (C=O) groups is 1. The molecule has 0 aliphatic carbocycles. The normalized spacial score (nSPS) is 18.5. The van der Waals surface area contributed by atoms with Crippen LogP contribution in [0.3, 0.4) is 0 Å². The van der Waals surface area contributed by atoms with Crippen molar-refractivity contribution in [2.24, 2.45) is 0 Å². The molecule has 1 atom stereocenters. The Bertz CT molecular complexity index is 750. The summed E-state index contributed by atoms with van der Waals surface area (Å²) in [7, 11) is 0. The molecule has 0 saturated carbocycles. The van der Waals surface area contributed by atoms with Gasteiger partial charge in [-0.3, -0.25) is 4.79 Å². The van der Waals surface area contributed by atoms with Crippen LogP contribution < -0.4 is 0 Å². The van der Waals surface area contributed by atoms with Gasteiger partial charge >= 0.3 is 0 Å². The average Bonchev–Trinajstić information content (AvgIpc) is 3.00. The fourth-order valence-corrected chi connectivity index (χ4v) is 2.86. The van der Waals surface area contributed by atoms with Crippen LogP contribution in [0.25, 0.3) is 0 Å². The van der Waals surface area contributed by atoms with Gasteiger partial charge in [0.05, 0.1) is 17.8 Å². The highest BCUT2D eigenvalue weighted by atomic mass is 19.2. The minimum atomic E-state index is -1.98. The predicted octanol–water partition coefficient (Wildman–Crippen LogP) is 2.70. The van der Waals surface area contributed by atoms with Crippen molar-refractivity contribution in [3.8, 4) is 0 Å². The van der Waals surface area contributed by atoms with Crippen LogP contribution in [-0.2, 0) is 0 Å². The van der Waals surface area contributed by atoms with Gasteiger partial charge in [0.25, 0.3) is 5.91 Å². The number of aromatic nitrogens is 3. The number of halogens is 4. The van der Waals surface area contributed by atoms with E-state index in [0.29, 0.717) is 25.5 Å². The summed E-state index contributed by atoms with van der Waals surface area (Å²) in [5.41, 5.74) is -0.800. The Morgan fingerprint density at radius 2 is 1.88 bits per heavy atom. The summed E-state index contributed by atoms with van der Waals surface area (Å²) in [5, 5.41) is 7.65. The summed E-state index contributed by atoms with van der Waals surface area (Å²) < 4.78 is 55.1. The largest absolute Gasteiger partial charge is 0.338 e. The van der Waals surface area contributed by atoms with Crippen molar-refractivity contribution in [1.29, 1.82) is 0 Å². The van der Waals surface area contributed by atoms with Gasteiger partial charge in [0.2, 0.25) is 0 Å². The standard InChI is InChI=1S/C15H14F4N4O/c16-11-8-10(12(17)14(19)13(11)18)15(24)22-5-1-2-9(3-6-22)23-7-4-20-21-23/h4,7-9H,1-3,5-6H2. The van der Waals surface area contributed by atoms with Gasteiger partial charge in [0.15, 0.2) is 23.3 Å². The number of benzene rings is 1. The van der Waals surface area contributed by atoms with Crippen molar-refractivity contribution < 1.29 is 22.4 Å². The highest BCUT2D eigenvalue weighted by molar-refractivity contribution is 5.94. The van der Waals surface area contributed by atoms with E-state index in [0.717, 1.165) is 6.42 Å². The highest BCUT2D eigenvalue weighted by Gasteiger charge is 2.28. The second-order valence-corrected chi connectivity index (χ2v) is 5.61. The first-order valence-electron chi connectivity index (χ1n) is 7.47. The van der Waals surface area contributed by atoms with Crippen molar-refractivity contribution >= 4 is 5.91 Å². The SMILES string of the molecule is O=C(c1cc(F)c(F)c(F)c1F)N1CCCC(n2ccnn2)CC1. The second-order valence-electron chi connectivity index (χ2n) is 5.61. The van der Waals surface area contributed by atoms with Gasteiger partial charge in [-0.05, 0) is 25.3 Å². The summed E-state index contributed by atoms with van der Waals surface area (Å²) in [4.78, 5) is 13.7. The lowest BCUT2D eigenvalue weighted by Gasteiger charge is -2.21. The fraction of sp³-hybridized carbons (Fsp3) is 0.400. The van der Waals surface area contributed by atoms with Crippen molar-refractivity contribution in [2.45, 2.75) is 25.3 Å². The number of amides is 1. The summed E-state index contributed by atoms with van der Waals surface area (Å²) in [6, 6.07) is 0.437. The van der Waals surface area contributed by atoms with Crippen LogP contribution in [-0.4, -0.2) is 38.9 Å². The Morgan fingerprint density at radius 3 is 2.58 bits per heavy atom. The topological polar surface area (TPSA) is 51.0 Å². The molecular formula is C15H14F4N4O. The van der Waals surface area contributed by atoms with Crippen LogP contribution >= 0.6 is 0 Å². The molecule has 1 aliphatic heterocycles. The van der Waals surface area contributed by atoms with Crippen LogP contribution in [0.4, 0.5) is 17.6 Å². The zero-order valence-electron chi connectivity index (χ0n) is 12.6. The summed E-state index contributed by atoms with van der Waals surface area (Å²) in [5.74, 6) is -8.02. The van der Waals surface area contributed by atoms with E-state index in [1.807, 2.05) is 0 Å². The predicted molar refractivity (Wildman–Crippen MR) is 75.1 cm³/mol. The number of hydrogen-bond acceptors (Lipinski definition) is 3. The minimum Gasteiger partial charge on any atom is -0.338 e. The van der Waals surface area contributed by atoms with Gasteiger partial charge in [-0.2, -0.15) is 0 Å². The number of carbonyl (C=O) groups excluding carboxylic acids is 1. The van der Waals surface area contributed by atoms with Gasteiger partial charge < -0.3 is 4.90 Å². The van der Waals surface area contributed by atoms with E-state index in [2.05, 4.69) is 10.3 Å². The Kier molecular flexibility index (Phi) is 4.50. The summed E-state index contributed by atoms with van der Waals surface area (Å²) in [6.07, 6.45) is 5.16. The molecule has 0 N–H and O–H groups in total. The van der Waals surface area contributed by atoms with E-state index in [4.69, 9.17) is 0 Å². The molecule has 1 unspecified atom stereocenters. The van der Waals surface area contributed by atoms with E-state index in [-0.39, 0.29) is 12.6 Å². The average molecular weight is 342 g/mol. The molecule has 3 rings (SSSR count). The number of hydrogen-bond donors (Lipinski definition) is 0. The molecule has 9 heteroatoms. The van der Waals surface area contributed by atoms with Crippen LogP contribution in [0.5, 0.6) is 0 Å². The monoisotopic (exact) mass is 342 g/mol. The molecule has 1 aromatic carbocycles. The second kappa shape index (κ2) is 6.58. The molecule has 1 amide bonds. The molecule has 5 nitrogen and oxygen atoms in total. The van der Waals surface area contributed by atoms with Gasteiger partial charge in [-0.1, -0.05) is 5.21 Å². The molecule has 2 heterocycles. The summed E-state index contributed by atoms with van der Waals surface area (Å²) >= 11 is 0. The van der Waals surface area contributed by atoms with Gasteiger partial charge in [-0.25, -0.2) is 22.2 Å². The molecule has 0 radical (unpaired) electrons. The molecule has 1 aliphatic rings. The Labute approximate surface area is 134 Å². The minimum absolute atomic E-state index is 0.0387. The number of rotatable bonds is 2. The van der Waals surface area contributed by atoms with Gasteiger partial charge in [0, 0.05) is 19.3 Å². The Hall–Kier alpha value is -2.45. The van der Waals surface area contributed by atoms with Crippen molar-refractivity contribution in [3.63, 3.8) is 0 Å². The number of nitrogens with zero attached hydrogens (tertiary/aromatic N) is 4. The Morgan fingerprint density at radius 1 is 1.08 bits per heavy atom. The smallest absolute Gasteiger partial charge is 0.257 e. The van der Waals surface area contributed by atoms with Gasteiger partial charge in [-0.15, -0.1) is 5.10 Å². The van der Waals surface area contributed by atoms with E-state index in [1.54, 1.807) is 17.1 Å². The summed E-state index contributed by atoms with van der Waals surface area (Å²) in [6.45, 7) is 0.577.